The van der Waals surface area contributed by atoms with Gasteiger partial charge in [0.2, 0.25) is 0 Å². The van der Waals surface area contributed by atoms with E-state index in [1.54, 1.807) is 14.2 Å². The summed E-state index contributed by atoms with van der Waals surface area (Å²) in [4.78, 5) is 16.7. The van der Waals surface area contributed by atoms with Crippen molar-refractivity contribution in [1.82, 2.24) is 10.3 Å². The first kappa shape index (κ1) is 20.4. The van der Waals surface area contributed by atoms with E-state index in [0.717, 1.165) is 36.1 Å². The summed E-state index contributed by atoms with van der Waals surface area (Å²) in [7, 11) is 3.23. The second-order valence-electron chi connectivity index (χ2n) is 6.68. The van der Waals surface area contributed by atoms with Gasteiger partial charge < -0.3 is 14.8 Å². The molecule has 0 aliphatic heterocycles. The van der Waals surface area contributed by atoms with Crippen LogP contribution in [0, 0.1) is 0 Å². The number of nitrogens with one attached hydrogen (secondary N) is 1. The summed E-state index contributed by atoms with van der Waals surface area (Å²) in [5.74, 6) is 1.31. The first-order valence-corrected chi connectivity index (χ1v) is 9.72. The number of hydrogen-bond donors (Lipinski definition) is 1. The number of aromatic nitrogens is 1. The van der Waals surface area contributed by atoms with E-state index in [9.17, 15) is 4.79 Å². The van der Waals surface area contributed by atoms with Crippen molar-refractivity contribution in [3.05, 3.63) is 78.1 Å². The molecule has 5 nitrogen and oxygen atoms in total. The second kappa shape index (κ2) is 10.3. The Morgan fingerprint density at radius 2 is 1.66 bits per heavy atom. The quantitative estimate of drug-likeness (QED) is 0.546. The van der Waals surface area contributed by atoms with Crippen molar-refractivity contribution in [3.8, 4) is 22.6 Å². The van der Waals surface area contributed by atoms with Crippen molar-refractivity contribution >= 4 is 5.91 Å². The maximum Gasteiger partial charge on any atom is 0.251 e. The maximum absolute atomic E-state index is 12.3. The zero-order chi connectivity index (χ0) is 20.5. The third-order valence-electron chi connectivity index (χ3n) is 4.74. The van der Waals surface area contributed by atoms with Crippen LogP contribution in [0.1, 0.15) is 28.9 Å². The van der Waals surface area contributed by atoms with Crippen LogP contribution in [-0.4, -0.2) is 31.7 Å². The fraction of sp³-hybridized carbons (Fsp3) is 0.250. The molecular formula is C24H26N2O3. The van der Waals surface area contributed by atoms with Gasteiger partial charge >= 0.3 is 0 Å². The minimum absolute atomic E-state index is 0.0540. The molecule has 0 spiro atoms. The van der Waals surface area contributed by atoms with Crippen LogP contribution < -0.4 is 14.8 Å². The highest BCUT2D eigenvalue weighted by atomic mass is 16.5. The molecule has 0 bridgehead atoms. The molecular weight excluding hydrogens is 364 g/mol. The number of carbonyl (C=O) groups excluding carboxylic acids is 1. The van der Waals surface area contributed by atoms with Crippen LogP contribution in [0.5, 0.6) is 11.5 Å². The molecule has 1 N–H and O–H groups in total. The van der Waals surface area contributed by atoms with Gasteiger partial charge in [0.25, 0.3) is 5.91 Å². The Hall–Kier alpha value is -3.34. The lowest BCUT2D eigenvalue weighted by molar-refractivity contribution is 0.0953. The molecule has 0 atom stereocenters. The van der Waals surface area contributed by atoms with Gasteiger partial charge in [-0.3, -0.25) is 9.78 Å². The number of amides is 1. The molecule has 29 heavy (non-hydrogen) atoms. The lowest BCUT2D eigenvalue weighted by atomic mass is 10.0. The van der Waals surface area contributed by atoms with Gasteiger partial charge in [-0.1, -0.05) is 24.3 Å². The number of rotatable bonds is 9. The smallest absolute Gasteiger partial charge is 0.251 e. The van der Waals surface area contributed by atoms with Crippen LogP contribution >= 0.6 is 0 Å². The molecule has 0 aliphatic carbocycles. The average molecular weight is 390 g/mol. The number of aryl methyl sites for hydroxylation is 1. The molecule has 0 saturated carbocycles. The summed E-state index contributed by atoms with van der Waals surface area (Å²) < 4.78 is 10.6. The van der Waals surface area contributed by atoms with Crippen molar-refractivity contribution in [2.75, 3.05) is 20.8 Å². The number of carbonyl (C=O) groups is 1. The average Bonchev–Trinajstić information content (AvgIpc) is 2.79. The number of hydrogen-bond acceptors (Lipinski definition) is 4. The normalized spacial score (nSPS) is 10.4. The zero-order valence-electron chi connectivity index (χ0n) is 16.9. The Morgan fingerprint density at radius 3 is 2.34 bits per heavy atom. The van der Waals surface area contributed by atoms with E-state index in [1.807, 2.05) is 66.9 Å². The highest BCUT2D eigenvalue weighted by Gasteiger charge is 2.08. The molecule has 150 valence electrons. The summed E-state index contributed by atoms with van der Waals surface area (Å²) in [6.07, 6.45) is 4.65. The molecule has 5 heteroatoms. The van der Waals surface area contributed by atoms with Gasteiger partial charge in [-0.2, -0.15) is 0 Å². The van der Waals surface area contributed by atoms with Crippen LogP contribution in [0.25, 0.3) is 11.1 Å². The molecule has 1 amide bonds. The Morgan fingerprint density at radius 1 is 0.897 bits per heavy atom. The van der Waals surface area contributed by atoms with Crippen molar-refractivity contribution in [1.29, 1.82) is 0 Å². The minimum atomic E-state index is -0.0540. The fourth-order valence-electron chi connectivity index (χ4n) is 3.11. The van der Waals surface area contributed by atoms with Crippen molar-refractivity contribution in [2.24, 2.45) is 0 Å². The number of methoxy groups -OCH3 is 2. The molecule has 3 aromatic rings. The van der Waals surface area contributed by atoms with Crippen LogP contribution in [0.15, 0.2) is 66.9 Å². The molecule has 0 radical (unpaired) electrons. The monoisotopic (exact) mass is 390 g/mol. The Balaban J connectivity index is 1.51. The van der Waals surface area contributed by atoms with Crippen molar-refractivity contribution in [3.63, 3.8) is 0 Å². The Kier molecular flexibility index (Phi) is 7.22. The standard InChI is InChI=1S/C24H26N2O3/c1-28-22-14-13-20(17-23(22)29-2)18-9-11-19(12-10-18)24(27)26-16-6-4-8-21-7-3-5-15-25-21/h3,5,7,9-15,17H,4,6,8,16H2,1-2H3,(H,26,27). The van der Waals surface area contributed by atoms with E-state index in [-0.39, 0.29) is 5.91 Å². The lowest BCUT2D eigenvalue weighted by Crippen LogP contribution is -2.24. The van der Waals surface area contributed by atoms with Gasteiger partial charge in [0.15, 0.2) is 11.5 Å². The van der Waals surface area contributed by atoms with Crippen molar-refractivity contribution < 1.29 is 14.3 Å². The van der Waals surface area contributed by atoms with Gasteiger partial charge in [0.1, 0.15) is 0 Å². The van der Waals surface area contributed by atoms with E-state index in [2.05, 4.69) is 10.3 Å². The SMILES string of the molecule is COc1ccc(-c2ccc(C(=O)NCCCCc3ccccn3)cc2)cc1OC. The lowest BCUT2D eigenvalue weighted by Gasteiger charge is -2.10. The molecule has 0 fully saturated rings. The number of benzene rings is 2. The zero-order valence-corrected chi connectivity index (χ0v) is 16.9. The van der Waals surface area contributed by atoms with Gasteiger partial charge in [-0.05, 0) is 66.8 Å². The first-order chi connectivity index (χ1) is 14.2. The molecule has 1 aromatic heterocycles. The van der Waals surface area contributed by atoms with Crippen LogP contribution in [0.3, 0.4) is 0 Å². The number of ether oxygens (including phenoxy) is 2. The largest absolute Gasteiger partial charge is 0.493 e. The summed E-state index contributed by atoms with van der Waals surface area (Å²) in [6.45, 7) is 0.656. The summed E-state index contributed by atoms with van der Waals surface area (Å²) in [5, 5.41) is 2.98. The van der Waals surface area contributed by atoms with Gasteiger partial charge in [0.05, 0.1) is 14.2 Å². The number of nitrogens with zero attached hydrogens (tertiary/aromatic N) is 1. The van der Waals surface area contributed by atoms with Gasteiger partial charge in [-0.25, -0.2) is 0 Å². The predicted octanol–water partition coefficient (Wildman–Crippen LogP) is 4.52. The summed E-state index contributed by atoms with van der Waals surface area (Å²) in [5.41, 5.74) is 3.76. The third-order valence-corrected chi connectivity index (χ3v) is 4.74. The number of pyridine rings is 1. The van der Waals surface area contributed by atoms with Crippen LogP contribution in [-0.2, 0) is 6.42 Å². The van der Waals surface area contributed by atoms with E-state index in [1.165, 1.54) is 0 Å². The van der Waals surface area contributed by atoms with Crippen LogP contribution in [0.2, 0.25) is 0 Å². The minimum Gasteiger partial charge on any atom is -0.493 e. The van der Waals surface area contributed by atoms with E-state index >= 15 is 0 Å². The first-order valence-electron chi connectivity index (χ1n) is 9.72. The highest BCUT2D eigenvalue weighted by Crippen LogP contribution is 2.32. The second-order valence-corrected chi connectivity index (χ2v) is 6.68. The highest BCUT2D eigenvalue weighted by molar-refractivity contribution is 5.94. The van der Waals surface area contributed by atoms with Crippen LogP contribution in [0.4, 0.5) is 0 Å². The van der Waals surface area contributed by atoms with Crippen molar-refractivity contribution in [2.45, 2.75) is 19.3 Å². The van der Waals surface area contributed by atoms with Gasteiger partial charge in [-0.15, -0.1) is 0 Å². The number of unbranched alkanes of at least 4 members (excludes halogenated alkanes) is 1. The summed E-state index contributed by atoms with van der Waals surface area (Å²) in [6, 6.07) is 19.3. The molecule has 0 unspecified atom stereocenters. The third kappa shape index (κ3) is 5.57. The molecule has 3 rings (SSSR count). The van der Waals surface area contributed by atoms with E-state index in [0.29, 0.717) is 23.6 Å². The van der Waals surface area contributed by atoms with E-state index in [4.69, 9.17) is 9.47 Å². The Bertz CT molecular complexity index is 925. The maximum atomic E-state index is 12.3. The Labute approximate surface area is 171 Å². The molecule has 0 saturated heterocycles. The predicted molar refractivity (Wildman–Crippen MR) is 114 cm³/mol. The summed E-state index contributed by atoms with van der Waals surface area (Å²) >= 11 is 0. The molecule has 2 aromatic carbocycles. The van der Waals surface area contributed by atoms with E-state index < -0.39 is 0 Å². The fourth-order valence-corrected chi connectivity index (χ4v) is 3.11. The van der Waals surface area contributed by atoms with Gasteiger partial charge in [0, 0.05) is 24.0 Å². The topological polar surface area (TPSA) is 60.5 Å². The molecule has 0 aliphatic rings. The molecule has 1 heterocycles.